The lowest BCUT2D eigenvalue weighted by Gasteiger charge is -2.20. The normalized spacial score (nSPS) is 19.6. The van der Waals surface area contributed by atoms with Crippen molar-refractivity contribution in [2.75, 3.05) is 0 Å². The van der Waals surface area contributed by atoms with E-state index in [1.54, 1.807) is 6.92 Å². The first-order chi connectivity index (χ1) is 4.63. The lowest BCUT2D eigenvalue weighted by Crippen LogP contribution is -2.27. The molecular weight excluding hydrogens is 128 g/mol. The van der Waals surface area contributed by atoms with Crippen molar-refractivity contribution in [3.63, 3.8) is 0 Å². The van der Waals surface area contributed by atoms with Crippen molar-refractivity contribution in [2.45, 2.75) is 32.5 Å². The summed E-state index contributed by atoms with van der Waals surface area (Å²) in [6.07, 6.45) is 0.748. The molecule has 0 amide bonds. The van der Waals surface area contributed by atoms with Crippen molar-refractivity contribution >= 4 is 0 Å². The zero-order valence-electron chi connectivity index (χ0n) is 6.49. The molecule has 3 unspecified atom stereocenters. The molecule has 2 heteroatoms. The lowest BCUT2D eigenvalue weighted by atomic mass is 9.94. The molecule has 10 heavy (non-hydrogen) atoms. The van der Waals surface area contributed by atoms with Gasteiger partial charge in [0.15, 0.2) is 0 Å². The molecule has 0 aliphatic carbocycles. The highest BCUT2D eigenvalue weighted by molar-refractivity contribution is 4.84. The monoisotopic (exact) mass is 143 g/mol. The topological polar surface area (TPSA) is 40.5 Å². The van der Waals surface area contributed by atoms with E-state index in [9.17, 15) is 0 Å². The highest BCUT2D eigenvalue weighted by atomic mass is 16.3. The van der Waals surface area contributed by atoms with Crippen molar-refractivity contribution < 1.29 is 10.2 Å². The molecule has 0 aromatic carbocycles. The Labute approximate surface area is 62.2 Å². The first-order valence-electron chi connectivity index (χ1n) is 3.54. The van der Waals surface area contributed by atoms with Crippen LogP contribution in [-0.4, -0.2) is 22.4 Å². The average Bonchev–Trinajstić information content (AvgIpc) is 1.88. The highest BCUT2D eigenvalue weighted by Crippen LogP contribution is 2.13. The summed E-state index contributed by atoms with van der Waals surface area (Å²) in [6.45, 7) is 8.66. The molecule has 0 saturated heterocycles. The Morgan fingerprint density at radius 2 is 2.00 bits per heavy atom. The molecule has 0 aliphatic rings. The average molecular weight is 143 g/mol. The first-order valence-corrected chi connectivity index (χ1v) is 3.54. The van der Waals surface area contributed by atoms with Gasteiger partial charge in [-0.05, 0) is 13.3 Å². The summed E-state index contributed by atoms with van der Waals surface area (Å²) in [5.41, 5.74) is 0. The maximum Gasteiger partial charge on any atom is 0.0776 e. The van der Waals surface area contributed by atoms with Crippen LogP contribution in [0.2, 0.25) is 0 Å². The summed E-state index contributed by atoms with van der Waals surface area (Å²) in [5.74, 6) is -0.134. The molecule has 0 aromatic heterocycles. The van der Waals surface area contributed by atoms with Crippen molar-refractivity contribution in [1.82, 2.24) is 0 Å². The van der Waals surface area contributed by atoms with E-state index in [-0.39, 0.29) is 5.92 Å². The van der Waals surface area contributed by atoms with Gasteiger partial charge in [0, 0.05) is 5.92 Å². The Hall–Kier alpha value is -0.340. The third-order valence-electron chi connectivity index (χ3n) is 1.73. The summed E-state index contributed by atoms with van der Waals surface area (Å²) in [6, 6.07) is 0. The van der Waals surface area contributed by atoms with E-state index in [2.05, 4.69) is 0 Å². The van der Waals surface area contributed by atoms with Crippen LogP contribution in [0.5, 0.6) is 0 Å². The second-order valence-corrected chi connectivity index (χ2v) is 2.50. The molecular formula is C8H15O2. The summed E-state index contributed by atoms with van der Waals surface area (Å²) < 4.78 is 0. The summed E-state index contributed by atoms with van der Waals surface area (Å²) in [5, 5.41) is 18.2. The Morgan fingerprint density at radius 1 is 1.50 bits per heavy atom. The number of hydrogen-bond acceptors (Lipinski definition) is 2. The molecule has 0 saturated carbocycles. The number of aliphatic hydroxyl groups is 2. The maximum atomic E-state index is 9.15. The summed E-state index contributed by atoms with van der Waals surface area (Å²) in [7, 11) is 0. The van der Waals surface area contributed by atoms with E-state index in [0.29, 0.717) is 0 Å². The standard InChI is InChI=1S/C8H15O2/c1-4-7(6(3)9)8(10)5-2/h2,5-10H,4H2,1,3H3. The van der Waals surface area contributed by atoms with Crippen LogP contribution in [0.4, 0.5) is 0 Å². The molecule has 2 N–H and O–H groups in total. The first kappa shape index (κ1) is 9.66. The predicted octanol–water partition coefficient (Wildman–Crippen LogP) is 0.743. The van der Waals surface area contributed by atoms with Gasteiger partial charge < -0.3 is 10.2 Å². The van der Waals surface area contributed by atoms with Gasteiger partial charge in [0.2, 0.25) is 0 Å². The molecule has 0 aromatic rings. The number of rotatable bonds is 4. The van der Waals surface area contributed by atoms with Gasteiger partial charge in [0.25, 0.3) is 0 Å². The van der Waals surface area contributed by atoms with Gasteiger partial charge in [-0.2, -0.15) is 0 Å². The van der Waals surface area contributed by atoms with Gasteiger partial charge in [0.1, 0.15) is 0 Å². The van der Waals surface area contributed by atoms with Crippen LogP contribution in [0.3, 0.4) is 0 Å². The second kappa shape index (κ2) is 4.47. The number of aliphatic hydroxyl groups excluding tert-OH is 2. The second-order valence-electron chi connectivity index (χ2n) is 2.50. The van der Waals surface area contributed by atoms with Crippen LogP contribution in [0.1, 0.15) is 20.3 Å². The van der Waals surface area contributed by atoms with E-state index in [1.807, 2.05) is 6.92 Å². The van der Waals surface area contributed by atoms with Gasteiger partial charge in [-0.1, -0.05) is 19.6 Å². The zero-order chi connectivity index (χ0) is 8.15. The van der Waals surface area contributed by atoms with Crippen LogP contribution in [-0.2, 0) is 0 Å². The van der Waals surface area contributed by atoms with Gasteiger partial charge in [-0.25, -0.2) is 0 Å². The van der Waals surface area contributed by atoms with Crippen LogP contribution in [0.15, 0.2) is 6.08 Å². The fourth-order valence-electron chi connectivity index (χ4n) is 1.01. The molecule has 0 fully saturated rings. The minimum Gasteiger partial charge on any atom is -0.393 e. The lowest BCUT2D eigenvalue weighted by molar-refractivity contribution is 0.0442. The molecule has 2 nitrogen and oxygen atoms in total. The van der Waals surface area contributed by atoms with Crippen molar-refractivity contribution in [1.29, 1.82) is 0 Å². The van der Waals surface area contributed by atoms with Crippen LogP contribution >= 0.6 is 0 Å². The molecule has 1 radical (unpaired) electrons. The summed E-state index contributed by atoms with van der Waals surface area (Å²) in [4.78, 5) is 0. The van der Waals surface area contributed by atoms with E-state index in [4.69, 9.17) is 16.8 Å². The largest absolute Gasteiger partial charge is 0.393 e. The fraction of sp³-hybridized carbons (Fsp3) is 0.750. The van der Waals surface area contributed by atoms with E-state index < -0.39 is 12.2 Å². The Kier molecular flexibility index (Phi) is 4.32. The highest BCUT2D eigenvalue weighted by Gasteiger charge is 2.18. The minimum absolute atomic E-state index is 0.134. The maximum absolute atomic E-state index is 9.15. The quantitative estimate of drug-likeness (QED) is 0.609. The predicted molar refractivity (Wildman–Crippen MR) is 40.3 cm³/mol. The molecule has 0 aliphatic heterocycles. The van der Waals surface area contributed by atoms with Crippen molar-refractivity contribution in [3.8, 4) is 0 Å². The van der Waals surface area contributed by atoms with Crippen LogP contribution in [0.25, 0.3) is 0 Å². The van der Waals surface area contributed by atoms with Crippen molar-refractivity contribution in [2.24, 2.45) is 5.92 Å². The van der Waals surface area contributed by atoms with Gasteiger partial charge >= 0.3 is 0 Å². The van der Waals surface area contributed by atoms with Crippen LogP contribution < -0.4 is 0 Å². The Balaban J connectivity index is 3.92. The van der Waals surface area contributed by atoms with E-state index in [0.717, 1.165) is 6.42 Å². The molecule has 0 heterocycles. The molecule has 3 atom stereocenters. The SMILES string of the molecule is [CH]=CC(O)C(CC)C(C)O. The van der Waals surface area contributed by atoms with Gasteiger partial charge in [0.05, 0.1) is 12.2 Å². The van der Waals surface area contributed by atoms with Gasteiger partial charge in [-0.15, -0.1) is 0 Å². The van der Waals surface area contributed by atoms with Gasteiger partial charge in [-0.3, -0.25) is 0 Å². The molecule has 0 spiro atoms. The third-order valence-corrected chi connectivity index (χ3v) is 1.73. The smallest absolute Gasteiger partial charge is 0.0776 e. The Morgan fingerprint density at radius 3 is 2.10 bits per heavy atom. The number of hydrogen-bond donors (Lipinski definition) is 2. The van der Waals surface area contributed by atoms with E-state index in [1.165, 1.54) is 6.08 Å². The molecule has 0 rings (SSSR count). The molecule has 59 valence electrons. The van der Waals surface area contributed by atoms with Crippen molar-refractivity contribution in [3.05, 3.63) is 12.7 Å². The van der Waals surface area contributed by atoms with E-state index >= 15 is 0 Å². The third kappa shape index (κ3) is 2.50. The Bertz CT molecular complexity index is 99.4. The zero-order valence-corrected chi connectivity index (χ0v) is 6.49. The summed E-state index contributed by atoms with van der Waals surface area (Å²) >= 11 is 0. The molecule has 0 bridgehead atoms. The minimum atomic E-state index is -0.690. The van der Waals surface area contributed by atoms with Crippen LogP contribution in [0, 0.1) is 12.5 Å². The fourth-order valence-corrected chi connectivity index (χ4v) is 1.01.